The minimum atomic E-state index is -0.460. The van der Waals surface area contributed by atoms with Gasteiger partial charge in [0.15, 0.2) is 5.69 Å². The fraction of sp³-hybridized carbons (Fsp3) is 0.458. The number of thioether (sulfide) groups is 1. The summed E-state index contributed by atoms with van der Waals surface area (Å²) in [6.45, 7) is 1.82. The molecule has 164 valence electrons. The van der Waals surface area contributed by atoms with E-state index < -0.39 is 5.97 Å². The van der Waals surface area contributed by atoms with Crippen LogP contribution in [-0.4, -0.2) is 48.4 Å². The van der Waals surface area contributed by atoms with Crippen molar-refractivity contribution in [2.75, 3.05) is 36.7 Å². The normalized spacial score (nSPS) is 17.2. The van der Waals surface area contributed by atoms with E-state index in [1.807, 2.05) is 48.2 Å². The molecule has 2 fully saturated rings. The van der Waals surface area contributed by atoms with Gasteiger partial charge in [0, 0.05) is 35.7 Å². The first-order valence-electron chi connectivity index (χ1n) is 10.9. The Morgan fingerprint density at radius 3 is 2.48 bits per heavy atom. The number of rotatable bonds is 7. The van der Waals surface area contributed by atoms with Crippen LogP contribution in [0.3, 0.4) is 0 Å². The average molecular weight is 439 g/mol. The first kappa shape index (κ1) is 21.7. The third-order valence-electron chi connectivity index (χ3n) is 6.33. The molecule has 0 bridgehead atoms. The van der Waals surface area contributed by atoms with Crippen molar-refractivity contribution < 1.29 is 9.53 Å². The summed E-state index contributed by atoms with van der Waals surface area (Å²) in [5.41, 5.74) is 3.52. The largest absolute Gasteiger partial charge is 0.464 e. The molecule has 6 nitrogen and oxygen atoms in total. The Bertz CT molecular complexity index is 938. The number of methoxy groups -OCH3 is 1. The Labute approximate surface area is 188 Å². The van der Waals surface area contributed by atoms with Crippen molar-refractivity contribution in [3.63, 3.8) is 0 Å². The van der Waals surface area contributed by atoms with Crippen LogP contribution in [0.15, 0.2) is 36.4 Å². The van der Waals surface area contributed by atoms with Gasteiger partial charge in [0.1, 0.15) is 5.82 Å². The van der Waals surface area contributed by atoms with Crippen molar-refractivity contribution in [3.05, 3.63) is 47.7 Å². The second-order valence-electron chi connectivity index (χ2n) is 8.20. The second kappa shape index (κ2) is 9.73. The first-order chi connectivity index (χ1) is 15.1. The Balaban J connectivity index is 1.80. The SMILES string of the molecule is COC(=O)c1cc(N2CCC(SC)CC2)c(C(=N)C2CCC2)c(Nc2ccccc2)n1. The van der Waals surface area contributed by atoms with Gasteiger partial charge in [-0.3, -0.25) is 0 Å². The van der Waals surface area contributed by atoms with E-state index in [4.69, 9.17) is 10.1 Å². The average Bonchev–Trinajstić information content (AvgIpc) is 2.77. The van der Waals surface area contributed by atoms with Crippen LogP contribution >= 0.6 is 11.8 Å². The van der Waals surface area contributed by atoms with E-state index in [2.05, 4.69) is 21.5 Å². The van der Waals surface area contributed by atoms with Crippen LogP contribution in [0, 0.1) is 11.3 Å². The molecule has 2 heterocycles. The maximum Gasteiger partial charge on any atom is 0.356 e. The van der Waals surface area contributed by atoms with Crippen LogP contribution in [-0.2, 0) is 4.74 Å². The summed E-state index contributed by atoms with van der Waals surface area (Å²) in [4.78, 5) is 19.4. The molecule has 1 saturated carbocycles. The van der Waals surface area contributed by atoms with Crippen LogP contribution in [0.2, 0.25) is 0 Å². The maximum absolute atomic E-state index is 12.4. The van der Waals surface area contributed by atoms with E-state index in [0.29, 0.717) is 16.8 Å². The van der Waals surface area contributed by atoms with Gasteiger partial charge in [-0.15, -0.1) is 0 Å². The van der Waals surface area contributed by atoms with Gasteiger partial charge >= 0.3 is 5.97 Å². The Hall–Kier alpha value is -2.54. The molecular formula is C24H30N4O2S. The number of piperidine rings is 1. The van der Waals surface area contributed by atoms with Crippen LogP contribution in [0.25, 0.3) is 0 Å². The fourth-order valence-electron chi connectivity index (χ4n) is 4.24. The monoisotopic (exact) mass is 438 g/mol. The quantitative estimate of drug-likeness (QED) is 0.462. The Kier molecular flexibility index (Phi) is 6.80. The summed E-state index contributed by atoms with van der Waals surface area (Å²) in [6.07, 6.45) is 7.59. The van der Waals surface area contributed by atoms with Gasteiger partial charge in [-0.1, -0.05) is 24.6 Å². The number of carbonyl (C=O) groups is 1. The third-order valence-corrected chi connectivity index (χ3v) is 7.47. The standard InChI is InChI=1S/C24H30N4O2S/c1-30-24(29)19-15-20(28-13-11-18(31-2)12-14-28)21(22(25)16-7-6-8-16)23(27-19)26-17-9-4-3-5-10-17/h3-5,9-10,15-16,18,25H,6-8,11-14H2,1-2H3,(H,26,27). The molecule has 2 aromatic rings. The van der Waals surface area contributed by atoms with Gasteiger partial charge in [-0.25, -0.2) is 9.78 Å². The van der Waals surface area contributed by atoms with Gasteiger partial charge in [0.05, 0.1) is 18.4 Å². The number of carbonyl (C=O) groups excluding carboxylic acids is 1. The summed E-state index contributed by atoms with van der Waals surface area (Å²) in [5, 5.41) is 13.1. The molecule has 0 atom stereocenters. The van der Waals surface area contributed by atoms with E-state index >= 15 is 0 Å². The lowest BCUT2D eigenvalue weighted by Gasteiger charge is -2.36. The van der Waals surface area contributed by atoms with E-state index in [-0.39, 0.29) is 11.6 Å². The van der Waals surface area contributed by atoms with Gasteiger partial charge in [0.2, 0.25) is 0 Å². The smallest absolute Gasteiger partial charge is 0.356 e. The third kappa shape index (κ3) is 4.71. The van der Waals surface area contributed by atoms with Crippen LogP contribution in [0.1, 0.15) is 48.2 Å². The number of benzene rings is 1. The van der Waals surface area contributed by atoms with Gasteiger partial charge in [0.25, 0.3) is 0 Å². The number of ether oxygens (including phenoxy) is 1. The highest BCUT2D eigenvalue weighted by molar-refractivity contribution is 7.99. The molecule has 31 heavy (non-hydrogen) atoms. The summed E-state index contributed by atoms with van der Waals surface area (Å²) in [7, 11) is 1.38. The van der Waals surface area contributed by atoms with Crippen molar-refractivity contribution in [1.82, 2.24) is 4.98 Å². The Morgan fingerprint density at radius 1 is 1.19 bits per heavy atom. The molecule has 1 aromatic carbocycles. The van der Waals surface area contributed by atoms with Crippen LogP contribution in [0.5, 0.6) is 0 Å². The first-order valence-corrected chi connectivity index (χ1v) is 12.2. The molecule has 2 N–H and O–H groups in total. The molecule has 1 saturated heterocycles. The zero-order chi connectivity index (χ0) is 21.8. The molecule has 1 aliphatic carbocycles. The second-order valence-corrected chi connectivity index (χ2v) is 9.33. The van der Waals surface area contributed by atoms with Crippen LogP contribution < -0.4 is 10.2 Å². The van der Waals surface area contributed by atoms with Crippen LogP contribution in [0.4, 0.5) is 17.2 Å². The fourth-order valence-corrected chi connectivity index (χ4v) is 4.92. The predicted octanol–water partition coefficient (Wildman–Crippen LogP) is 5.11. The highest BCUT2D eigenvalue weighted by Gasteiger charge is 2.31. The Morgan fingerprint density at radius 2 is 1.90 bits per heavy atom. The number of nitrogens with one attached hydrogen (secondary N) is 2. The predicted molar refractivity (Wildman–Crippen MR) is 128 cm³/mol. The van der Waals surface area contributed by atoms with E-state index in [0.717, 1.165) is 62.1 Å². The highest BCUT2D eigenvalue weighted by atomic mass is 32.2. The zero-order valence-corrected chi connectivity index (χ0v) is 19.0. The number of anilines is 3. The van der Waals surface area contributed by atoms with Crippen molar-refractivity contribution in [1.29, 1.82) is 5.41 Å². The number of para-hydroxylation sites is 1. The molecule has 2 aliphatic rings. The van der Waals surface area contributed by atoms with Gasteiger partial charge in [-0.2, -0.15) is 11.8 Å². The molecule has 0 radical (unpaired) electrons. The summed E-state index contributed by atoms with van der Waals surface area (Å²) >= 11 is 1.92. The highest BCUT2D eigenvalue weighted by Crippen LogP contribution is 2.38. The van der Waals surface area contributed by atoms with Crippen molar-refractivity contribution in [2.24, 2.45) is 5.92 Å². The van der Waals surface area contributed by atoms with Crippen molar-refractivity contribution in [3.8, 4) is 0 Å². The maximum atomic E-state index is 12.4. The lowest BCUT2D eigenvalue weighted by molar-refractivity contribution is 0.0594. The van der Waals surface area contributed by atoms with E-state index in [1.165, 1.54) is 7.11 Å². The summed E-state index contributed by atoms with van der Waals surface area (Å²) < 4.78 is 4.99. The molecule has 7 heteroatoms. The molecule has 0 spiro atoms. The molecule has 1 aliphatic heterocycles. The number of hydrogen-bond acceptors (Lipinski definition) is 7. The lowest BCUT2D eigenvalue weighted by Crippen LogP contribution is -2.37. The summed E-state index contributed by atoms with van der Waals surface area (Å²) in [5.74, 6) is 0.357. The minimum Gasteiger partial charge on any atom is -0.464 e. The van der Waals surface area contributed by atoms with Crippen molar-refractivity contribution >= 4 is 40.6 Å². The summed E-state index contributed by atoms with van der Waals surface area (Å²) in [6, 6.07) is 11.6. The lowest BCUT2D eigenvalue weighted by atomic mass is 9.79. The van der Waals surface area contributed by atoms with E-state index in [9.17, 15) is 4.79 Å². The molecule has 1 aromatic heterocycles. The van der Waals surface area contributed by atoms with Gasteiger partial charge < -0.3 is 20.4 Å². The molecular weight excluding hydrogens is 408 g/mol. The number of pyridine rings is 1. The number of esters is 1. The number of nitrogens with zero attached hydrogens (tertiary/aromatic N) is 2. The molecule has 0 amide bonds. The van der Waals surface area contributed by atoms with Crippen molar-refractivity contribution in [2.45, 2.75) is 37.4 Å². The number of aromatic nitrogens is 1. The molecule has 0 unspecified atom stereocenters. The zero-order valence-electron chi connectivity index (χ0n) is 18.2. The minimum absolute atomic E-state index is 0.254. The van der Waals surface area contributed by atoms with Gasteiger partial charge in [-0.05, 0) is 50.1 Å². The topological polar surface area (TPSA) is 78.3 Å². The molecule has 4 rings (SSSR count). The van der Waals surface area contributed by atoms with E-state index in [1.54, 1.807) is 0 Å². The number of hydrogen-bond donors (Lipinski definition) is 2.